The van der Waals surface area contributed by atoms with Crippen LogP contribution in [0.5, 0.6) is 0 Å². The third-order valence-electron chi connectivity index (χ3n) is 4.35. The van der Waals surface area contributed by atoms with Gasteiger partial charge in [-0.15, -0.1) is 0 Å². The fraction of sp³-hybridized carbons (Fsp3) is 0.625. The number of rotatable bonds is 2. The van der Waals surface area contributed by atoms with E-state index >= 15 is 0 Å². The van der Waals surface area contributed by atoms with Crippen LogP contribution >= 0.6 is 0 Å². The topological polar surface area (TPSA) is 26.0 Å². The molecule has 1 aromatic carbocycles. The first-order valence-electron chi connectivity index (χ1n) is 6.88. The first-order chi connectivity index (χ1) is 8.06. The second-order valence-electron chi connectivity index (χ2n) is 5.85. The molecule has 0 atom stereocenters. The lowest BCUT2D eigenvalue weighted by Gasteiger charge is -2.26. The molecule has 0 aromatic heterocycles. The highest BCUT2D eigenvalue weighted by Gasteiger charge is 2.19. The number of nitrogens with two attached hydrogens (primary N) is 1. The molecular weight excluding hydrogens is 206 g/mol. The van der Waals surface area contributed by atoms with E-state index in [1.54, 1.807) is 5.56 Å². The highest BCUT2D eigenvalue weighted by molar-refractivity contribution is 5.36. The smallest absolute Gasteiger partial charge is 0.00390 e. The molecule has 0 spiro atoms. The predicted octanol–water partition coefficient (Wildman–Crippen LogP) is 3.67. The van der Waals surface area contributed by atoms with Gasteiger partial charge in [-0.05, 0) is 81.0 Å². The number of aryl methyl sites for hydroxylation is 3. The van der Waals surface area contributed by atoms with Crippen molar-refractivity contribution in [3.63, 3.8) is 0 Å². The van der Waals surface area contributed by atoms with E-state index in [0.29, 0.717) is 6.04 Å². The van der Waals surface area contributed by atoms with Crippen LogP contribution in [0.25, 0.3) is 0 Å². The van der Waals surface area contributed by atoms with E-state index in [1.165, 1.54) is 48.8 Å². The van der Waals surface area contributed by atoms with Crippen LogP contribution in [-0.2, 0) is 6.42 Å². The molecule has 1 nitrogen and oxygen atoms in total. The Bertz CT molecular complexity index is 387. The monoisotopic (exact) mass is 231 g/mol. The molecule has 0 heterocycles. The van der Waals surface area contributed by atoms with Crippen LogP contribution in [0, 0.1) is 26.7 Å². The summed E-state index contributed by atoms with van der Waals surface area (Å²) < 4.78 is 0. The lowest BCUT2D eigenvalue weighted by molar-refractivity contribution is 0.324. The summed E-state index contributed by atoms with van der Waals surface area (Å²) >= 11 is 0. The maximum Gasteiger partial charge on any atom is 0.00390 e. The van der Waals surface area contributed by atoms with Crippen LogP contribution in [0.3, 0.4) is 0 Å². The molecule has 0 bridgehead atoms. The molecule has 1 fully saturated rings. The molecule has 2 N–H and O–H groups in total. The van der Waals surface area contributed by atoms with Crippen molar-refractivity contribution in [2.24, 2.45) is 11.7 Å². The molecule has 0 radical (unpaired) electrons. The van der Waals surface area contributed by atoms with Gasteiger partial charge in [-0.3, -0.25) is 0 Å². The van der Waals surface area contributed by atoms with Gasteiger partial charge >= 0.3 is 0 Å². The van der Waals surface area contributed by atoms with Crippen LogP contribution in [0.15, 0.2) is 12.1 Å². The second kappa shape index (κ2) is 5.22. The summed E-state index contributed by atoms with van der Waals surface area (Å²) in [6.45, 7) is 6.66. The molecular formula is C16H25N. The van der Waals surface area contributed by atoms with Gasteiger partial charge in [0.05, 0.1) is 0 Å². The average molecular weight is 231 g/mol. The first-order valence-corrected chi connectivity index (χ1v) is 6.88. The van der Waals surface area contributed by atoms with E-state index in [9.17, 15) is 0 Å². The Labute approximate surface area is 105 Å². The Kier molecular flexibility index (Phi) is 3.88. The van der Waals surface area contributed by atoms with Crippen molar-refractivity contribution < 1.29 is 0 Å². The third-order valence-corrected chi connectivity index (χ3v) is 4.35. The zero-order valence-electron chi connectivity index (χ0n) is 11.4. The minimum Gasteiger partial charge on any atom is -0.328 e. The summed E-state index contributed by atoms with van der Waals surface area (Å²) in [7, 11) is 0. The largest absolute Gasteiger partial charge is 0.328 e. The Hall–Kier alpha value is -0.820. The summed E-state index contributed by atoms with van der Waals surface area (Å²) in [5.74, 6) is 0.857. The summed E-state index contributed by atoms with van der Waals surface area (Å²) in [4.78, 5) is 0. The Morgan fingerprint density at radius 2 is 1.53 bits per heavy atom. The van der Waals surface area contributed by atoms with Gasteiger partial charge in [-0.2, -0.15) is 0 Å². The van der Waals surface area contributed by atoms with Crippen LogP contribution < -0.4 is 5.73 Å². The number of hydrogen-bond acceptors (Lipinski definition) is 1. The Morgan fingerprint density at radius 1 is 0.941 bits per heavy atom. The standard InChI is InChI=1S/C16H25N/c1-11-8-13(3)15(9-12(11)2)10-14-4-6-16(17)7-5-14/h8-9,14,16H,4-7,10,17H2,1-3H3. The van der Waals surface area contributed by atoms with Crippen molar-refractivity contribution in [2.45, 2.75) is 58.9 Å². The first kappa shape index (κ1) is 12.6. The van der Waals surface area contributed by atoms with Crippen LogP contribution in [0.1, 0.15) is 47.9 Å². The average Bonchev–Trinajstić information content (AvgIpc) is 2.29. The summed E-state index contributed by atoms with van der Waals surface area (Å²) in [5, 5.41) is 0. The molecule has 0 aliphatic heterocycles. The molecule has 0 amide bonds. The van der Waals surface area contributed by atoms with E-state index in [-0.39, 0.29) is 0 Å². The van der Waals surface area contributed by atoms with Gasteiger partial charge in [0.25, 0.3) is 0 Å². The van der Waals surface area contributed by atoms with Gasteiger partial charge in [0.1, 0.15) is 0 Å². The van der Waals surface area contributed by atoms with E-state index in [4.69, 9.17) is 5.73 Å². The molecule has 1 saturated carbocycles. The van der Waals surface area contributed by atoms with E-state index < -0.39 is 0 Å². The SMILES string of the molecule is Cc1cc(C)c(CC2CCC(N)CC2)cc1C. The number of benzene rings is 1. The fourth-order valence-corrected chi connectivity index (χ4v) is 2.94. The fourth-order valence-electron chi connectivity index (χ4n) is 2.94. The number of hydrogen-bond donors (Lipinski definition) is 1. The molecule has 0 saturated heterocycles. The predicted molar refractivity (Wildman–Crippen MR) is 74.3 cm³/mol. The van der Waals surface area contributed by atoms with E-state index in [1.807, 2.05) is 0 Å². The van der Waals surface area contributed by atoms with Crippen LogP contribution in [0.2, 0.25) is 0 Å². The summed E-state index contributed by atoms with van der Waals surface area (Å²) in [5.41, 5.74) is 11.8. The van der Waals surface area contributed by atoms with E-state index in [0.717, 1.165) is 5.92 Å². The highest BCUT2D eigenvalue weighted by Crippen LogP contribution is 2.28. The van der Waals surface area contributed by atoms with Gasteiger partial charge in [0, 0.05) is 6.04 Å². The molecule has 17 heavy (non-hydrogen) atoms. The normalized spacial score (nSPS) is 24.9. The van der Waals surface area contributed by atoms with Gasteiger partial charge in [-0.1, -0.05) is 12.1 Å². The van der Waals surface area contributed by atoms with E-state index in [2.05, 4.69) is 32.9 Å². The maximum atomic E-state index is 5.96. The lowest BCUT2D eigenvalue weighted by Crippen LogP contribution is -2.27. The maximum absolute atomic E-state index is 5.96. The van der Waals surface area contributed by atoms with Gasteiger partial charge in [0.2, 0.25) is 0 Å². The molecule has 1 aromatic rings. The lowest BCUT2D eigenvalue weighted by atomic mass is 9.81. The second-order valence-corrected chi connectivity index (χ2v) is 5.85. The summed E-state index contributed by atoms with van der Waals surface area (Å²) in [6.07, 6.45) is 6.31. The van der Waals surface area contributed by atoms with Crippen molar-refractivity contribution in [1.29, 1.82) is 0 Å². The van der Waals surface area contributed by atoms with Gasteiger partial charge in [-0.25, -0.2) is 0 Å². The van der Waals surface area contributed by atoms with Gasteiger partial charge in [0.15, 0.2) is 0 Å². The molecule has 1 aliphatic carbocycles. The van der Waals surface area contributed by atoms with Crippen LogP contribution in [-0.4, -0.2) is 6.04 Å². The quantitative estimate of drug-likeness (QED) is 0.825. The van der Waals surface area contributed by atoms with Crippen molar-refractivity contribution >= 4 is 0 Å². The summed E-state index contributed by atoms with van der Waals surface area (Å²) in [6, 6.07) is 5.19. The zero-order valence-corrected chi connectivity index (χ0v) is 11.4. The minimum atomic E-state index is 0.465. The van der Waals surface area contributed by atoms with Crippen molar-refractivity contribution in [1.82, 2.24) is 0 Å². The van der Waals surface area contributed by atoms with Crippen molar-refractivity contribution in [2.75, 3.05) is 0 Å². The Morgan fingerprint density at radius 3 is 2.18 bits per heavy atom. The Balaban J connectivity index is 2.06. The van der Waals surface area contributed by atoms with Crippen molar-refractivity contribution in [3.8, 4) is 0 Å². The zero-order chi connectivity index (χ0) is 12.4. The molecule has 1 aliphatic rings. The third kappa shape index (κ3) is 3.10. The molecule has 0 unspecified atom stereocenters. The molecule has 1 heteroatoms. The van der Waals surface area contributed by atoms with Gasteiger partial charge < -0.3 is 5.73 Å². The van der Waals surface area contributed by atoms with Crippen molar-refractivity contribution in [3.05, 3.63) is 34.4 Å². The minimum absolute atomic E-state index is 0.465. The molecule has 2 rings (SSSR count). The molecule has 94 valence electrons. The highest BCUT2D eigenvalue weighted by atomic mass is 14.6. The van der Waals surface area contributed by atoms with Crippen LogP contribution in [0.4, 0.5) is 0 Å².